The standard InChI is InChI=1S/C20H24N4OS/c1-4-11-23(12-5-2)17-8-6-16(7-9-17)14-21-24-15(3)22-19-18(20(24)25)10-13-26-19/h6-10,13-14H,4-5,11-12H2,1-3H3. The normalized spacial score (nSPS) is 11.5. The number of benzene rings is 1. The second-order valence-corrected chi connectivity index (χ2v) is 7.13. The number of rotatable bonds is 7. The molecule has 3 rings (SSSR count). The highest BCUT2D eigenvalue weighted by atomic mass is 32.1. The maximum absolute atomic E-state index is 12.5. The van der Waals surface area contributed by atoms with Crippen LogP contribution in [0.3, 0.4) is 0 Å². The van der Waals surface area contributed by atoms with Crippen LogP contribution in [0.1, 0.15) is 38.1 Å². The van der Waals surface area contributed by atoms with Crippen molar-refractivity contribution in [3.8, 4) is 0 Å². The number of aryl methyl sites for hydroxylation is 1. The Labute approximate surface area is 157 Å². The minimum absolute atomic E-state index is 0.126. The predicted molar refractivity (Wildman–Crippen MR) is 111 cm³/mol. The van der Waals surface area contributed by atoms with Gasteiger partial charge in [0.25, 0.3) is 5.56 Å². The summed E-state index contributed by atoms with van der Waals surface area (Å²) in [4.78, 5) is 20.1. The van der Waals surface area contributed by atoms with Crippen molar-refractivity contribution in [2.75, 3.05) is 18.0 Å². The van der Waals surface area contributed by atoms with E-state index < -0.39 is 0 Å². The molecule has 2 heterocycles. The lowest BCUT2D eigenvalue weighted by Gasteiger charge is -2.23. The number of thiophene rings is 1. The van der Waals surface area contributed by atoms with E-state index in [2.05, 4.69) is 41.0 Å². The molecule has 0 aliphatic carbocycles. The van der Waals surface area contributed by atoms with Crippen molar-refractivity contribution >= 4 is 33.5 Å². The fourth-order valence-corrected chi connectivity index (χ4v) is 3.75. The molecule has 0 fully saturated rings. The Bertz CT molecular complexity index is 950. The fourth-order valence-electron chi connectivity index (χ4n) is 2.95. The van der Waals surface area contributed by atoms with Crippen molar-refractivity contribution in [3.63, 3.8) is 0 Å². The third-order valence-corrected chi connectivity index (χ3v) is 5.01. The molecule has 0 saturated heterocycles. The molecule has 2 aromatic heterocycles. The first-order chi connectivity index (χ1) is 12.6. The minimum atomic E-state index is -0.126. The van der Waals surface area contributed by atoms with E-state index in [0.29, 0.717) is 11.2 Å². The van der Waals surface area contributed by atoms with Gasteiger partial charge in [-0.25, -0.2) is 4.98 Å². The topological polar surface area (TPSA) is 50.5 Å². The van der Waals surface area contributed by atoms with E-state index in [1.807, 2.05) is 17.5 Å². The molecule has 5 nitrogen and oxygen atoms in total. The maximum atomic E-state index is 12.5. The first kappa shape index (κ1) is 18.3. The molecule has 0 saturated carbocycles. The van der Waals surface area contributed by atoms with E-state index in [0.717, 1.165) is 36.3 Å². The molecule has 26 heavy (non-hydrogen) atoms. The molecule has 0 bridgehead atoms. The van der Waals surface area contributed by atoms with Crippen molar-refractivity contribution < 1.29 is 0 Å². The van der Waals surface area contributed by atoms with Crippen molar-refractivity contribution in [3.05, 3.63) is 57.5 Å². The van der Waals surface area contributed by atoms with Crippen LogP contribution in [0.4, 0.5) is 5.69 Å². The highest BCUT2D eigenvalue weighted by Crippen LogP contribution is 2.16. The number of nitrogens with zero attached hydrogens (tertiary/aromatic N) is 4. The third kappa shape index (κ3) is 3.85. The highest BCUT2D eigenvalue weighted by molar-refractivity contribution is 7.16. The summed E-state index contributed by atoms with van der Waals surface area (Å²) in [5, 5.41) is 6.85. The molecular weight excluding hydrogens is 344 g/mol. The first-order valence-corrected chi connectivity index (χ1v) is 9.88. The second-order valence-electron chi connectivity index (χ2n) is 6.24. The van der Waals surface area contributed by atoms with Gasteiger partial charge < -0.3 is 4.90 Å². The van der Waals surface area contributed by atoms with E-state index in [9.17, 15) is 4.79 Å². The molecule has 3 aromatic rings. The summed E-state index contributed by atoms with van der Waals surface area (Å²) >= 11 is 1.47. The first-order valence-electron chi connectivity index (χ1n) is 9.00. The quantitative estimate of drug-likeness (QED) is 0.585. The fraction of sp³-hybridized carbons (Fsp3) is 0.350. The molecule has 1 aromatic carbocycles. The van der Waals surface area contributed by atoms with Crippen molar-refractivity contribution in [2.45, 2.75) is 33.6 Å². The molecule has 0 N–H and O–H groups in total. The van der Waals surface area contributed by atoms with Crippen LogP contribution in [-0.2, 0) is 0 Å². The van der Waals surface area contributed by atoms with Crippen LogP contribution in [0.15, 0.2) is 45.6 Å². The van der Waals surface area contributed by atoms with Gasteiger partial charge in [0, 0.05) is 18.8 Å². The number of anilines is 1. The van der Waals surface area contributed by atoms with Crippen molar-refractivity contribution in [1.82, 2.24) is 9.66 Å². The van der Waals surface area contributed by atoms with Crippen molar-refractivity contribution in [2.24, 2.45) is 5.10 Å². The summed E-state index contributed by atoms with van der Waals surface area (Å²) in [6.07, 6.45) is 3.97. The highest BCUT2D eigenvalue weighted by Gasteiger charge is 2.08. The average molecular weight is 369 g/mol. The lowest BCUT2D eigenvalue weighted by Crippen LogP contribution is -2.24. The molecule has 0 unspecified atom stereocenters. The van der Waals surface area contributed by atoms with Crippen LogP contribution in [0.5, 0.6) is 0 Å². The average Bonchev–Trinajstić information content (AvgIpc) is 3.10. The van der Waals surface area contributed by atoms with Crippen LogP contribution < -0.4 is 10.5 Å². The van der Waals surface area contributed by atoms with E-state index >= 15 is 0 Å². The zero-order valence-electron chi connectivity index (χ0n) is 15.5. The minimum Gasteiger partial charge on any atom is -0.372 e. The summed E-state index contributed by atoms with van der Waals surface area (Å²) in [6.45, 7) is 8.31. The van der Waals surface area contributed by atoms with Crippen molar-refractivity contribution in [1.29, 1.82) is 0 Å². The van der Waals surface area contributed by atoms with Gasteiger partial charge in [-0.15, -0.1) is 11.3 Å². The third-order valence-electron chi connectivity index (χ3n) is 4.21. The molecule has 0 radical (unpaired) electrons. The summed E-state index contributed by atoms with van der Waals surface area (Å²) in [6, 6.07) is 10.1. The van der Waals surface area contributed by atoms with E-state index in [1.165, 1.54) is 21.7 Å². The Morgan fingerprint density at radius 2 is 1.85 bits per heavy atom. The number of aromatic nitrogens is 2. The number of fused-ring (bicyclic) bond motifs is 1. The van der Waals surface area contributed by atoms with Gasteiger partial charge in [0.2, 0.25) is 0 Å². The summed E-state index contributed by atoms with van der Waals surface area (Å²) < 4.78 is 1.36. The van der Waals surface area contributed by atoms with E-state index in [-0.39, 0.29) is 5.56 Å². The number of hydrogen-bond donors (Lipinski definition) is 0. The van der Waals surface area contributed by atoms with Gasteiger partial charge >= 0.3 is 0 Å². The zero-order chi connectivity index (χ0) is 18.5. The molecule has 0 aliphatic heterocycles. The van der Waals surface area contributed by atoms with Gasteiger partial charge in [-0.2, -0.15) is 9.78 Å². The van der Waals surface area contributed by atoms with Gasteiger partial charge in [-0.05, 0) is 48.9 Å². The lowest BCUT2D eigenvalue weighted by atomic mass is 10.2. The SMILES string of the molecule is CCCN(CCC)c1ccc(C=Nn2c(C)nc3sccc3c2=O)cc1. The Morgan fingerprint density at radius 3 is 2.50 bits per heavy atom. The molecule has 0 atom stereocenters. The van der Waals surface area contributed by atoms with Gasteiger partial charge in [-0.1, -0.05) is 26.0 Å². The van der Waals surface area contributed by atoms with E-state index in [4.69, 9.17) is 0 Å². The molecule has 0 aliphatic rings. The van der Waals surface area contributed by atoms with Crippen LogP contribution >= 0.6 is 11.3 Å². The Balaban J connectivity index is 1.84. The van der Waals surface area contributed by atoms with Crippen LogP contribution in [0.2, 0.25) is 0 Å². The number of hydrogen-bond acceptors (Lipinski definition) is 5. The molecule has 0 amide bonds. The Morgan fingerprint density at radius 1 is 1.15 bits per heavy atom. The van der Waals surface area contributed by atoms with Gasteiger partial charge in [-0.3, -0.25) is 4.79 Å². The van der Waals surface area contributed by atoms with Crippen LogP contribution in [-0.4, -0.2) is 29.0 Å². The van der Waals surface area contributed by atoms with Gasteiger partial charge in [0.15, 0.2) is 0 Å². The summed E-state index contributed by atoms with van der Waals surface area (Å²) in [7, 11) is 0. The molecular formula is C20H24N4OS. The van der Waals surface area contributed by atoms with Crippen LogP contribution in [0.25, 0.3) is 10.2 Å². The van der Waals surface area contributed by atoms with Crippen LogP contribution in [0, 0.1) is 6.92 Å². The lowest BCUT2D eigenvalue weighted by molar-refractivity contribution is 0.745. The van der Waals surface area contributed by atoms with Gasteiger partial charge in [0.05, 0.1) is 11.6 Å². The smallest absolute Gasteiger partial charge is 0.282 e. The van der Waals surface area contributed by atoms with Gasteiger partial charge in [0.1, 0.15) is 10.7 Å². The monoisotopic (exact) mass is 368 g/mol. The summed E-state index contributed by atoms with van der Waals surface area (Å²) in [5.41, 5.74) is 2.05. The van der Waals surface area contributed by atoms with E-state index in [1.54, 1.807) is 19.2 Å². The predicted octanol–water partition coefficient (Wildman–Crippen LogP) is 4.28. The molecule has 0 spiro atoms. The maximum Gasteiger partial charge on any atom is 0.282 e. The second kappa shape index (κ2) is 8.27. The Kier molecular flexibility index (Phi) is 5.83. The zero-order valence-corrected chi connectivity index (χ0v) is 16.3. The largest absolute Gasteiger partial charge is 0.372 e. The molecule has 6 heteroatoms. The molecule has 136 valence electrons. The Hall–Kier alpha value is -2.47. The summed E-state index contributed by atoms with van der Waals surface area (Å²) in [5.74, 6) is 0.592.